The van der Waals surface area contributed by atoms with E-state index in [0.29, 0.717) is 48.4 Å². The standard InChI is InChI=1S/C27H35N3O3/c31-24-8-7-23(25(32)29-24)30-16-19-14-17(5-6-21(19)26(30)33)13-18-3-1-2-4-22(18)28-20-9-10-27(15-20)11-12-27/h5-6,14,18,20,22-23,28H,1-4,7-13,15-16H2,(H,29,31,32)/t18-,20?,22+,23?/m1/s1. The van der Waals surface area contributed by atoms with Crippen molar-refractivity contribution in [2.45, 2.75) is 102 Å². The smallest absolute Gasteiger partial charge is 0.255 e. The Kier molecular flexibility index (Phi) is 5.32. The summed E-state index contributed by atoms with van der Waals surface area (Å²) < 4.78 is 0. The first-order valence-electron chi connectivity index (χ1n) is 13.0. The van der Waals surface area contributed by atoms with Crippen LogP contribution in [0.2, 0.25) is 0 Å². The zero-order valence-corrected chi connectivity index (χ0v) is 19.4. The third-order valence-electron chi connectivity index (χ3n) is 9.10. The second-order valence-corrected chi connectivity index (χ2v) is 11.4. The van der Waals surface area contributed by atoms with Crippen LogP contribution in [0, 0.1) is 11.3 Å². The van der Waals surface area contributed by atoms with Crippen molar-refractivity contribution >= 4 is 17.7 Å². The van der Waals surface area contributed by atoms with Crippen LogP contribution in [0.25, 0.3) is 0 Å². The average molecular weight is 450 g/mol. The molecule has 2 aliphatic heterocycles. The van der Waals surface area contributed by atoms with E-state index in [1.165, 1.54) is 63.4 Å². The molecule has 4 fully saturated rings. The van der Waals surface area contributed by atoms with E-state index in [1.807, 2.05) is 6.07 Å². The van der Waals surface area contributed by atoms with Gasteiger partial charge in [-0.3, -0.25) is 19.7 Å². The van der Waals surface area contributed by atoms with Gasteiger partial charge >= 0.3 is 0 Å². The molecule has 1 saturated heterocycles. The van der Waals surface area contributed by atoms with Crippen LogP contribution in [0.4, 0.5) is 0 Å². The zero-order valence-electron chi connectivity index (χ0n) is 19.4. The molecular formula is C27H35N3O3. The van der Waals surface area contributed by atoms with Crippen LogP contribution in [-0.2, 0) is 22.6 Å². The first-order valence-corrected chi connectivity index (χ1v) is 13.0. The molecule has 1 aromatic carbocycles. The van der Waals surface area contributed by atoms with E-state index in [9.17, 15) is 14.4 Å². The number of imide groups is 1. The number of piperidine rings is 1. The lowest BCUT2D eigenvalue weighted by Gasteiger charge is -2.35. The molecule has 176 valence electrons. The molecule has 2 N–H and O–H groups in total. The van der Waals surface area contributed by atoms with Gasteiger partial charge in [0, 0.05) is 30.6 Å². The molecule has 0 radical (unpaired) electrons. The lowest BCUT2D eigenvalue weighted by atomic mass is 9.80. The number of benzene rings is 1. The Hall–Kier alpha value is -2.21. The topological polar surface area (TPSA) is 78.5 Å². The lowest BCUT2D eigenvalue weighted by molar-refractivity contribution is -0.136. The minimum Gasteiger partial charge on any atom is -0.322 e. The molecule has 5 aliphatic rings. The van der Waals surface area contributed by atoms with Crippen molar-refractivity contribution < 1.29 is 14.4 Å². The minimum atomic E-state index is -0.542. The molecule has 3 amide bonds. The number of nitrogens with one attached hydrogen (secondary N) is 2. The fraction of sp³-hybridized carbons (Fsp3) is 0.667. The average Bonchev–Trinajstić information content (AvgIpc) is 3.32. The second kappa shape index (κ2) is 8.23. The van der Waals surface area contributed by atoms with Crippen molar-refractivity contribution in [3.63, 3.8) is 0 Å². The Morgan fingerprint density at radius 2 is 1.88 bits per heavy atom. The van der Waals surface area contributed by atoms with Crippen LogP contribution in [0.3, 0.4) is 0 Å². The normalized spacial score (nSPS) is 32.8. The van der Waals surface area contributed by atoms with Gasteiger partial charge in [-0.05, 0) is 86.3 Å². The maximum absolute atomic E-state index is 13.0. The van der Waals surface area contributed by atoms with E-state index in [1.54, 1.807) is 4.90 Å². The third-order valence-corrected chi connectivity index (χ3v) is 9.10. The summed E-state index contributed by atoms with van der Waals surface area (Å²) in [4.78, 5) is 38.4. The SMILES string of the molecule is O=C1CCC(N2Cc3cc(C[C@H]4CCCC[C@@H]4NC4CCC5(CC5)C4)ccc3C2=O)C(=O)N1. The summed E-state index contributed by atoms with van der Waals surface area (Å²) in [6.45, 7) is 0.463. The Balaban J connectivity index is 1.13. The largest absolute Gasteiger partial charge is 0.322 e. The summed E-state index contributed by atoms with van der Waals surface area (Å²) in [5.41, 5.74) is 3.75. The van der Waals surface area contributed by atoms with E-state index in [-0.39, 0.29) is 17.7 Å². The zero-order chi connectivity index (χ0) is 22.6. The quantitative estimate of drug-likeness (QED) is 0.675. The maximum atomic E-state index is 13.0. The highest BCUT2D eigenvalue weighted by molar-refractivity contribution is 6.05. The number of nitrogens with zero attached hydrogens (tertiary/aromatic N) is 1. The number of hydrogen-bond donors (Lipinski definition) is 2. The number of fused-ring (bicyclic) bond motifs is 1. The molecular weight excluding hydrogens is 414 g/mol. The van der Waals surface area contributed by atoms with E-state index in [0.717, 1.165) is 12.0 Å². The molecule has 33 heavy (non-hydrogen) atoms. The second-order valence-electron chi connectivity index (χ2n) is 11.4. The summed E-state index contributed by atoms with van der Waals surface area (Å²) in [6, 6.07) is 7.03. The predicted molar refractivity (Wildman–Crippen MR) is 124 cm³/mol. The van der Waals surface area contributed by atoms with Gasteiger partial charge in [0.2, 0.25) is 11.8 Å². The van der Waals surface area contributed by atoms with Crippen molar-refractivity contribution in [2.75, 3.05) is 0 Å². The van der Waals surface area contributed by atoms with Crippen LogP contribution < -0.4 is 10.6 Å². The molecule has 0 bridgehead atoms. The first kappa shape index (κ1) is 21.3. The summed E-state index contributed by atoms with van der Waals surface area (Å²) in [7, 11) is 0. The van der Waals surface area contributed by atoms with E-state index in [4.69, 9.17) is 0 Å². The summed E-state index contributed by atoms with van der Waals surface area (Å²) in [5, 5.41) is 6.45. The van der Waals surface area contributed by atoms with E-state index < -0.39 is 6.04 Å². The third kappa shape index (κ3) is 4.11. The van der Waals surface area contributed by atoms with Gasteiger partial charge in [0.1, 0.15) is 6.04 Å². The van der Waals surface area contributed by atoms with Crippen LogP contribution in [-0.4, -0.2) is 40.7 Å². The van der Waals surface area contributed by atoms with Crippen molar-refractivity contribution in [3.8, 4) is 0 Å². The predicted octanol–water partition coefficient (Wildman–Crippen LogP) is 3.47. The molecule has 6 nitrogen and oxygen atoms in total. The Labute approximate surface area is 195 Å². The molecule has 2 heterocycles. The monoisotopic (exact) mass is 449 g/mol. The minimum absolute atomic E-state index is 0.0847. The molecule has 6 rings (SSSR count). The number of hydrogen-bond acceptors (Lipinski definition) is 4. The summed E-state index contributed by atoms with van der Waals surface area (Å²) >= 11 is 0. The maximum Gasteiger partial charge on any atom is 0.255 e. The van der Waals surface area contributed by atoms with Gasteiger partial charge in [-0.2, -0.15) is 0 Å². The van der Waals surface area contributed by atoms with Gasteiger partial charge < -0.3 is 10.2 Å². The van der Waals surface area contributed by atoms with Crippen molar-refractivity contribution in [1.29, 1.82) is 0 Å². The molecule has 0 aromatic heterocycles. The molecule has 4 atom stereocenters. The van der Waals surface area contributed by atoms with Gasteiger partial charge in [-0.25, -0.2) is 0 Å². The van der Waals surface area contributed by atoms with Gasteiger partial charge in [0.05, 0.1) is 0 Å². The van der Waals surface area contributed by atoms with Gasteiger partial charge in [0.25, 0.3) is 5.91 Å². The van der Waals surface area contributed by atoms with Gasteiger partial charge in [0.15, 0.2) is 0 Å². The van der Waals surface area contributed by atoms with Crippen molar-refractivity contribution in [1.82, 2.24) is 15.5 Å². The fourth-order valence-corrected chi connectivity index (χ4v) is 7.01. The molecule has 3 saturated carbocycles. The highest BCUT2D eigenvalue weighted by Crippen LogP contribution is 2.57. The van der Waals surface area contributed by atoms with Crippen LogP contribution in [0.5, 0.6) is 0 Å². The van der Waals surface area contributed by atoms with E-state index in [2.05, 4.69) is 22.8 Å². The van der Waals surface area contributed by atoms with Crippen LogP contribution >= 0.6 is 0 Å². The Morgan fingerprint density at radius 1 is 1.03 bits per heavy atom. The number of carbonyl (C=O) groups is 3. The Bertz CT molecular complexity index is 985. The number of rotatable bonds is 5. The van der Waals surface area contributed by atoms with Crippen molar-refractivity contribution in [3.05, 3.63) is 34.9 Å². The number of carbonyl (C=O) groups excluding carboxylic acids is 3. The van der Waals surface area contributed by atoms with Gasteiger partial charge in [-0.15, -0.1) is 0 Å². The molecule has 1 aromatic rings. The molecule has 1 spiro atoms. The number of amides is 3. The molecule has 6 heteroatoms. The van der Waals surface area contributed by atoms with E-state index >= 15 is 0 Å². The molecule has 3 aliphatic carbocycles. The first-order chi connectivity index (χ1) is 16.0. The highest BCUT2D eigenvalue weighted by Gasteiger charge is 2.48. The fourth-order valence-electron chi connectivity index (χ4n) is 7.01. The Morgan fingerprint density at radius 3 is 2.67 bits per heavy atom. The van der Waals surface area contributed by atoms with Gasteiger partial charge in [-0.1, -0.05) is 25.0 Å². The lowest BCUT2D eigenvalue weighted by Crippen LogP contribution is -2.52. The molecule has 2 unspecified atom stereocenters. The summed E-state index contributed by atoms with van der Waals surface area (Å²) in [5.74, 6) is -0.0266. The van der Waals surface area contributed by atoms with Crippen molar-refractivity contribution in [2.24, 2.45) is 11.3 Å². The van der Waals surface area contributed by atoms with Crippen LogP contribution in [0.15, 0.2) is 18.2 Å². The highest BCUT2D eigenvalue weighted by atomic mass is 16.2. The summed E-state index contributed by atoms with van der Waals surface area (Å²) in [6.07, 6.45) is 14.0. The van der Waals surface area contributed by atoms with Crippen LogP contribution in [0.1, 0.15) is 92.1 Å².